The summed E-state index contributed by atoms with van der Waals surface area (Å²) in [5, 5.41) is 14.0. The number of phenolic OH excluding ortho intramolecular Hbond substituents is 1. The summed E-state index contributed by atoms with van der Waals surface area (Å²) in [5.41, 5.74) is 2.39. The predicted molar refractivity (Wildman–Crippen MR) is 147 cm³/mol. The van der Waals surface area contributed by atoms with Crippen molar-refractivity contribution >= 4 is 22.7 Å². The van der Waals surface area contributed by atoms with E-state index in [1.807, 2.05) is 12.1 Å². The van der Waals surface area contributed by atoms with Crippen molar-refractivity contribution in [2.24, 2.45) is 7.05 Å². The van der Waals surface area contributed by atoms with Gasteiger partial charge >= 0.3 is 0 Å². The minimum absolute atomic E-state index is 0.0197. The number of phenols is 1. The third kappa shape index (κ3) is 4.61. The summed E-state index contributed by atoms with van der Waals surface area (Å²) in [4.78, 5) is 45.1. The van der Waals surface area contributed by atoms with E-state index in [4.69, 9.17) is 9.47 Å². The fourth-order valence-electron chi connectivity index (χ4n) is 5.43. The minimum atomic E-state index is -0.333. The number of nitrogens with zero attached hydrogens (tertiary/aromatic N) is 3. The highest BCUT2D eigenvalue weighted by molar-refractivity contribution is 5.98. The average Bonchev–Trinajstić information content (AvgIpc) is 3.38. The number of fused-ring (bicyclic) bond motifs is 7. The smallest absolute Gasteiger partial charge is 0.260 e. The van der Waals surface area contributed by atoms with Crippen molar-refractivity contribution < 1.29 is 24.2 Å². The predicted octanol–water partition coefficient (Wildman–Crippen LogP) is 3.11. The van der Waals surface area contributed by atoms with Gasteiger partial charge in [-0.1, -0.05) is 12.1 Å². The highest BCUT2D eigenvalue weighted by Gasteiger charge is 2.38. The molecule has 0 spiro atoms. The van der Waals surface area contributed by atoms with Crippen molar-refractivity contribution in [2.45, 2.75) is 24.8 Å². The van der Waals surface area contributed by atoms with Crippen molar-refractivity contribution in [3.63, 3.8) is 0 Å². The Bertz CT molecular complexity index is 1710. The van der Waals surface area contributed by atoms with E-state index in [0.717, 1.165) is 11.1 Å². The second-order valence-corrected chi connectivity index (χ2v) is 10.2. The number of aryl methyl sites for hydroxylation is 2. The summed E-state index contributed by atoms with van der Waals surface area (Å²) in [6.07, 6.45) is 2.14. The van der Waals surface area contributed by atoms with Gasteiger partial charge in [-0.15, -0.1) is 0 Å². The summed E-state index contributed by atoms with van der Waals surface area (Å²) in [5.74, 6) is 0.606. The molecule has 3 aromatic carbocycles. The zero-order valence-corrected chi connectivity index (χ0v) is 22.1. The molecule has 1 aromatic heterocycles. The lowest BCUT2D eigenvalue weighted by atomic mass is 9.93. The van der Waals surface area contributed by atoms with Gasteiger partial charge in [-0.3, -0.25) is 14.4 Å². The fourth-order valence-corrected chi connectivity index (χ4v) is 5.43. The number of rotatable bonds is 2. The molecule has 4 aromatic rings. The summed E-state index contributed by atoms with van der Waals surface area (Å²) in [6, 6.07) is 15.1. The van der Waals surface area contributed by atoms with Crippen molar-refractivity contribution in [1.82, 2.24) is 19.8 Å². The Hall–Kier alpha value is -4.86. The van der Waals surface area contributed by atoms with Gasteiger partial charge < -0.3 is 29.4 Å². The van der Waals surface area contributed by atoms with Crippen molar-refractivity contribution in [2.75, 3.05) is 20.2 Å². The Labute approximate surface area is 229 Å². The second-order valence-electron chi connectivity index (χ2n) is 10.2. The molecule has 2 N–H and O–H groups in total. The molecule has 3 heterocycles. The molecule has 10 nitrogen and oxygen atoms in total. The lowest BCUT2D eigenvalue weighted by molar-refractivity contribution is -0.121. The van der Waals surface area contributed by atoms with Crippen LogP contribution < -0.4 is 20.3 Å². The van der Waals surface area contributed by atoms with Gasteiger partial charge in [-0.2, -0.15) is 0 Å². The molecule has 40 heavy (non-hydrogen) atoms. The zero-order valence-electron chi connectivity index (χ0n) is 22.1. The van der Waals surface area contributed by atoms with Crippen LogP contribution in [0.2, 0.25) is 0 Å². The Morgan fingerprint density at radius 1 is 1.05 bits per heavy atom. The number of hydrogen-bond acceptors (Lipinski definition) is 7. The molecule has 0 aliphatic carbocycles. The van der Waals surface area contributed by atoms with Crippen LogP contribution >= 0.6 is 0 Å². The molecule has 6 rings (SSSR count). The van der Waals surface area contributed by atoms with Crippen LogP contribution in [0.4, 0.5) is 0 Å². The summed E-state index contributed by atoms with van der Waals surface area (Å²) in [7, 11) is 3.17. The molecule has 2 aliphatic rings. The maximum atomic E-state index is 13.6. The number of benzene rings is 3. The van der Waals surface area contributed by atoms with Crippen LogP contribution in [0, 0.1) is 0 Å². The lowest BCUT2D eigenvalue weighted by Gasteiger charge is -2.21. The van der Waals surface area contributed by atoms with E-state index in [2.05, 4.69) is 10.3 Å². The first-order valence-corrected chi connectivity index (χ1v) is 13.0. The molecule has 0 unspecified atom stereocenters. The summed E-state index contributed by atoms with van der Waals surface area (Å²) >= 11 is 0. The van der Waals surface area contributed by atoms with Crippen molar-refractivity contribution in [1.29, 1.82) is 0 Å². The number of amides is 2. The van der Waals surface area contributed by atoms with Gasteiger partial charge in [-0.05, 0) is 60.0 Å². The molecule has 1 saturated heterocycles. The molecular weight excluding hydrogens is 512 g/mol. The van der Waals surface area contributed by atoms with Gasteiger partial charge in [0.25, 0.3) is 11.5 Å². The van der Waals surface area contributed by atoms with E-state index < -0.39 is 0 Å². The van der Waals surface area contributed by atoms with E-state index in [-0.39, 0.29) is 47.3 Å². The quantitative estimate of drug-likeness (QED) is 0.401. The maximum Gasteiger partial charge on any atom is 0.260 e. The molecule has 204 valence electrons. The minimum Gasteiger partial charge on any atom is -0.504 e. The Kier molecular flexibility index (Phi) is 6.37. The average molecular weight is 541 g/mol. The number of ether oxygens (including phenoxy) is 2. The molecule has 0 saturated carbocycles. The highest BCUT2D eigenvalue weighted by Crippen LogP contribution is 2.40. The maximum absolute atomic E-state index is 13.6. The van der Waals surface area contributed by atoms with Gasteiger partial charge in [0.15, 0.2) is 23.0 Å². The normalized spacial score (nSPS) is 18.6. The second kappa shape index (κ2) is 10.0. The molecule has 0 radical (unpaired) electrons. The topological polar surface area (TPSA) is 123 Å². The van der Waals surface area contributed by atoms with Crippen LogP contribution in [-0.4, -0.2) is 57.6 Å². The van der Waals surface area contributed by atoms with Crippen molar-refractivity contribution in [3.8, 4) is 23.0 Å². The van der Waals surface area contributed by atoms with Crippen LogP contribution in [0.15, 0.2) is 65.7 Å². The fraction of sp³-hybridized carbons (Fsp3) is 0.267. The van der Waals surface area contributed by atoms with E-state index in [1.54, 1.807) is 61.5 Å². The Balaban J connectivity index is 1.35. The van der Waals surface area contributed by atoms with E-state index >= 15 is 0 Å². The number of nitrogens with one attached hydrogen (secondary N) is 1. The molecule has 2 amide bonds. The Morgan fingerprint density at radius 2 is 1.90 bits per heavy atom. The molecule has 2 aliphatic heterocycles. The largest absolute Gasteiger partial charge is 0.504 e. The van der Waals surface area contributed by atoms with Gasteiger partial charge in [0.1, 0.15) is 0 Å². The third-order valence-corrected chi connectivity index (χ3v) is 7.62. The van der Waals surface area contributed by atoms with Gasteiger partial charge in [0.2, 0.25) is 5.91 Å². The van der Waals surface area contributed by atoms with Crippen LogP contribution in [0.1, 0.15) is 33.8 Å². The highest BCUT2D eigenvalue weighted by atomic mass is 16.5. The lowest BCUT2D eigenvalue weighted by Crippen LogP contribution is -2.40. The number of methoxy groups -OCH3 is 1. The first-order chi connectivity index (χ1) is 19.3. The van der Waals surface area contributed by atoms with E-state index in [1.165, 1.54) is 10.9 Å². The number of hydrogen-bond donors (Lipinski definition) is 2. The number of carbonyl (C=O) groups excluding carboxylic acids is 2. The van der Waals surface area contributed by atoms with Gasteiger partial charge in [-0.25, -0.2) is 4.98 Å². The number of carbonyl (C=O) groups is 2. The summed E-state index contributed by atoms with van der Waals surface area (Å²) < 4.78 is 13.0. The van der Waals surface area contributed by atoms with Crippen LogP contribution in [0.3, 0.4) is 0 Å². The SMILES string of the molecule is COc1ccc2cc1Oc1cc(ccc1O)CCC(=O)N[C@@H]1CN(C(=O)c3ccc4c(=O)n(C)cnc4c3)C[C@@H]21. The first kappa shape index (κ1) is 25.4. The standard InChI is InChI=1S/C30H28N4O6/c1-33-16-31-22-12-19(5-7-20(22)30(33)38)29(37)34-14-21-18-6-9-25(39-2)27(13-18)40-26-11-17(3-8-24(26)35)4-10-28(36)32-23(21)15-34/h3,5-9,11-13,16,21,23,35H,4,10,14-15H2,1-2H3,(H,32,36)/t21-,23+/m0/s1. The molecule has 10 heteroatoms. The molecule has 2 atom stereocenters. The number of aromatic nitrogens is 2. The number of aromatic hydroxyl groups is 1. The Morgan fingerprint density at radius 3 is 2.73 bits per heavy atom. The molecule has 4 bridgehead atoms. The van der Waals surface area contributed by atoms with Crippen LogP contribution in [-0.2, 0) is 18.3 Å². The third-order valence-electron chi connectivity index (χ3n) is 7.62. The summed E-state index contributed by atoms with van der Waals surface area (Å²) in [6.45, 7) is 0.671. The molecule has 1 fully saturated rings. The molecular formula is C30H28N4O6. The monoisotopic (exact) mass is 540 g/mol. The first-order valence-electron chi connectivity index (χ1n) is 13.0. The van der Waals surface area contributed by atoms with E-state index in [9.17, 15) is 19.5 Å². The number of likely N-dealkylation sites (tertiary alicyclic amines) is 1. The van der Waals surface area contributed by atoms with Gasteiger partial charge in [0, 0.05) is 38.0 Å². The van der Waals surface area contributed by atoms with E-state index in [0.29, 0.717) is 47.5 Å². The van der Waals surface area contributed by atoms with Crippen molar-refractivity contribution in [3.05, 3.63) is 88.0 Å². The van der Waals surface area contributed by atoms with Crippen LogP contribution in [0.25, 0.3) is 10.9 Å². The zero-order chi connectivity index (χ0) is 28.0. The van der Waals surface area contributed by atoms with Gasteiger partial charge in [0.05, 0.1) is 30.4 Å². The van der Waals surface area contributed by atoms with Crippen LogP contribution in [0.5, 0.6) is 23.0 Å².